The zero-order chi connectivity index (χ0) is 15.2. The molecule has 112 valence electrons. The molecule has 0 aliphatic carbocycles. The van der Waals surface area contributed by atoms with Crippen molar-refractivity contribution in [2.75, 3.05) is 24.3 Å². The van der Waals surface area contributed by atoms with E-state index in [9.17, 15) is 0 Å². The lowest BCUT2D eigenvalue weighted by Gasteiger charge is -2.14. The predicted molar refractivity (Wildman–Crippen MR) is 88.4 cm³/mol. The van der Waals surface area contributed by atoms with Crippen molar-refractivity contribution >= 4 is 33.1 Å². The maximum absolute atomic E-state index is 5.70. The lowest BCUT2D eigenvalue weighted by molar-refractivity contribution is 0.332. The fraction of sp³-hybridized carbons (Fsp3) is 0.267. The number of nitrogen functional groups attached to an aromatic ring is 1. The van der Waals surface area contributed by atoms with E-state index < -0.39 is 0 Å². The van der Waals surface area contributed by atoms with Crippen molar-refractivity contribution in [3.8, 4) is 11.5 Å². The van der Waals surface area contributed by atoms with Crippen molar-refractivity contribution in [1.29, 1.82) is 0 Å². The molecule has 2 aromatic rings. The SMILES string of the molecule is CCOc1ccc(OCC)c(Nc2ncc(N)cc2Br)c1. The summed E-state index contributed by atoms with van der Waals surface area (Å²) >= 11 is 3.44. The molecule has 0 spiro atoms. The Bertz CT molecular complexity index is 620. The number of halogens is 1. The van der Waals surface area contributed by atoms with Crippen molar-refractivity contribution < 1.29 is 9.47 Å². The number of ether oxygens (including phenoxy) is 2. The topological polar surface area (TPSA) is 69.4 Å². The molecule has 21 heavy (non-hydrogen) atoms. The van der Waals surface area contributed by atoms with Gasteiger partial charge in [0.2, 0.25) is 0 Å². The maximum Gasteiger partial charge on any atom is 0.144 e. The molecule has 0 amide bonds. The third kappa shape index (κ3) is 4.01. The molecule has 2 rings (SSSR count). The highest BCUT2D eigenvalue weighted by Gasteiger charge is 2.09. The number of nitrogens with zero attached hydrogens (tertiary/aromatic N) is 1. The molecular weight excluding hydrogens is 334 g/mol. The van der Waals surface area contributed by atoms with Crippen molar-refractivity contribution in [2.24, 2.45) is 0 Å². The molecule has 0 radical (unpaired) electrons. The molecule has 0 atom stereocenters. The predicted octanol–water partition coefficient (Wildman–Crippen LogP) is 3.97. The van der Waals surface area contributed by atoms with Crippen molar-refractivity contribution in [3.63, 3.8) is 0 Å². The molecule has 0 bridgehead atoms. The first kappa shape index (κ1) is 15.4. The van der Waals surface area contributed by atoms with Gasteiger partial charge in [-0.1, -0.05) is 0 Å². The normalized spacial score (nSPS) is 10.2. The summed E-state index contributed by atoms with van der Waals surface area (Å²) in [5, 5.41) is 3.23. The number of hydrogen-bond acceptors (Lipinski definition) is 5. The van der Waals surface area contributed by atoms with Crippen LogP contribution in [0.2, 0.25) is 0 Å². The number of aromatic nitrogens is 1. The van der Waals surface area contributed by atoms with Crippen LogP contribution < -0.4 is 20.5 Å². The molecule has 0 saturated heterocycles. The van der Waals surface area contributed by atoms with Gasteiger partial charge in [-0.25, -0.2) is 4.98 Å². The van der Waals surface area contributed by atoms with Gasteiger partial charge in [-0.3, -0.25) is 0 Å². The first-order valence-corrected chi connectivity index (χ1v) is 7.51. The van der Waals surface area contributed by atoms with Gasteiger partial charge >= 0.3 is 0 Å². The Balaban J connectivity index is 2.33. The third-order valence-electron chi connectivity index (χ3n) is 2.68. The number of rotatable bonds is 6. The summed E-state index contributed by atoms with van der Waals surface area (Å²) in [5.41, 5.74) is 7.09. The van der Waals surface area contributed by atoms with E-state index in [4.69, 9.17) is 15.2 Å². The van der Waals surface area contributed by atoms with Gasteiger partial charge in [0, 0.05) is 6.07 Å². The van der Waals surface area contributed by atoms with Crippen molar-refractivity contribution in [1.82, 2.24) is 4.98 Å². The number of benzene rings is 1. The van der Waals surface area contributed by atoms with E-state index in [0.29, 0.717) is 24.7 Å². The van der Waals surface area contributed by atoms with Crippen LogP contribution in [0.4, 0.5) is 17.2 Å². The molecule has 0 aliphatic heterocycles. The summed E-state index contributed by atoms with van der Waals surface area (Å²) in [6, 6.07) is 7.44. The first-order valence-electron chi connectivity index (χ1n) is 6.71. The highest BCUT2D eigenvalue weighted by atomic mass is 79.9. The quantitative estimate of drug-likeness (QED) is 0.823. The molecule has 3 N–H and O–H groups in total. The Hall–Kier alpha value is -1.95. The molecule has 0 unspecified atom stereocenters. The van der Waals surface area contributed by atoms with Crippen LogP contribution in [0.5, 0.6) is 11.5 Å². The van der Waals surface area contributed by atoms with Crippen LogP contribution in [0.1, 0.15) is 13.8 Å². The minimum atomic E-state index is 0.582. The number of nitrogens with two attached hydrogens (primary N) is 1. The second kappa shape index (κ2) is 7.17. The second-order valence-electron chi connectivity index (χ2n) is 4.25. The standard InChI is InChI=1S/C15H18BrN3O2/c1-3-20-11-5-6-14(21-4-2)13(8-11)19-15-12(16)7-10(17)9-18-15/h5-9H,3-4,17H2,1-2H3,(H,18,19). The van der Waals surface area contributed by atoms with Crippen LogP contribution in [0.25, 0.3) is 0 Å². The Kier molecular flexibility index (Phi) is 5.27. The summed E-state index contributed by atoms with van der Waals surface area (Å²) in [7, 11) is 0. The van der Waals surface area contributed by atoms with E-state index in [2.05, 4.69) is 26.2 Å². The van der Waals surface area contributed by atoms with Gasteiger partial charge in [-0.05, 0) is 48.0 Å². The summed E-state index contributed by atoms with van der Waals surface area (Å²) in [6.07, 6.45) is 1.60. The molecular formula is C15H18BrN3O2. The van der Waals surface area contributed by atoms with Crippen LogP contribution in [0.3, 0.4) is 0 Å². The number of pyridine rings is 1. The Morgan fingerprint density at radius 2 is 1.95 bits per heavy atom. The maximum atomic E-state index is 5.70. The first-order chi connectivity index (χ1) is 10.1. The minimum Gasteiger partial charge on any atom is -0.494 e. The Morgan fingerprint density at radius 1 is 1.19 bits per heavy atom. The highest BCUT2D eigenvalue weighted by molar-refractivity contribution is 9.10. The van der Waals surface area contributed by atoms with E-state index >= 15 is 0 Å². The molecule has 1 heterocycles. The number of hydrogen-bond donors (Lipinski definition) is 2. The number of anilines is 3. The zero-order valence-electron chi connectivity index (χ0n) is 12.0. The van der Waals surface area contributed by atoms with Crippen molar-refractivity contribution in [2.45, 2.75) is 13.8 Å². The van der Waals surface area contributed by atoms with Crippen LogP contribution >= 0.6 is 15.9 Å². The summed E-state index contributed by atoms with van der Waals surface area (Å²) in [4.78, 5) is 4.27. The van der Waals surface area contributed by atoms with Crippen LogP contribution in [0.15, 0.2) is 34.9 Å². The largest absolute Gasteiger partial charge is 0.494 e. The van der Waals surface area contributed by atoms with Gasteiger partial charge in [0.25, 0.3) is 0 Å². The summed E-state index contributed by atoms with van der Waals surface area (Å²) < 4.78 is 11.9. The highest BCUT2D eigenvalue weighted by Crippen LogP contribution is 2.33. The average molecular weight is 352 g/mol. The summed E-state index contributed by atoms with van der Waals surface area (Å²) in [5.74, 6) is 2.18. The fourth-order valence-electron chi connectivity index (χ4n) is 1.82. The molecule has 5 nitrogen and oxygen atoms in total. The minimum absolute atomic E-state index is 0.582. The van der Waals surface area contributed by atoms with E-state index in [1.807, 2.05) is 32.0 Å². The van der Waals surface area contributed by atoms with Gasteiger partial charge < -0.3 is 20.5 Å². The molecule has 0 aliphatic rings. The molecule has 6 heteroatoms. The lowest BCUT2D eigenvalue weighted by Crippen LogP contribution is -2.01. The van der Waals surface area contributed by atoms with Crippen molar-refractivity contribution in [3.05, 3.63) is 34.9 Å². The fourth-order valence-corrected chi connectivity index (χ4v) is 2.28. The monoisotopic (exact) mass is 351 g/mol. The van der Waals surface area contributed by atoms with Gasteiger partial charge in [0.1, 0.15) is 17.3 Å². The van der Waals surface area contributed by atoms with Crippen LogP contribution in [0, 0.1) is 0 Å². The molecule has 0 saturated carbocycles. The van der Waals surface area contributed by atoms with E-state index in [1.165, 1.54) is 0 Å². The molecule has 1 aromatic carbocycles. The van der Waals surface area contributed by atoms with Gasteiger partial charge in [0.05, 0.1) is 35.3 Å². The van der Waals surface area contributed by atoms with Gasteiger partial charge in [-0.2, -0.15) is 0 Å². The summed E-state index contributed by atoms with van der Waals surface area (Å²) in [6.45, 7) is 5.08. The Labute approximate surface area is 132 Å². The van der Waals surface area contributed by atoms with Crippen LogP contribution in [-0.4, -0.2) is 18.2 Å². The van der Waals surface area contributed by atoms with E-state index in [0.717, 1.165) is 21.7 Å². The molecule has 0 fully saturated rings. The Morgan fingerprint density at radius 3 is 2.62 bits per heavy atom. The smallest absolute Gasteiger partial charge is 0.144 e. The van der Waals surface area contributed by atoms with E-state index in [-0.39, 0.29) is 0 Å². The molecule has 1 aromatic heterocycles. The lowest BCUT2D eigenvalue weighted by atomic mass is 10.2. The van der Waals surface area contributed by atoms with Crippen LogP contribution in [-0.2, 0) is 0 Å². The average Bonchev–Trinajstić information content (AvgIpc) is 2.45. The zero-order valence-corrected chi connectivity index (χ0v) is 13.6. The second-order valence-corrected chi connectivity index (χ2v) is 5.10. The number of nitrogens with one attached hydrogen (secondary N) is 1. The third-order valence-corrected chi connectivity index (χ3v) is 3.28. The van der Waals surface area contributed by atoms with Gasteiger partial charge in [0.15, 0.2) is 0 Å². The van der Waals surface area contributed by atoms with Gasteiger partial charge in [-0.15, -0.1) is 0 Å². The van der Waals surface area contributed by atoms with E-state index in [1.54, 1.807) is 12.3 Å².